The molecule has 1 heterocycles. The van der Waals surface area contributed by atoms with E-state index in [2.05, 4.69) is 20.6 Å². The zero-order chi connectivity index (χ0) is 20.9. The monoisotopic (exact) mass is 530 g/mol. The average Bonchev–Trinajstić information content (AvgIpc) is 2.75. The minimum Gasteiger partial charge on any atom is -0.497 e. The summed E-state index contributed by atoms with van der Waals surface area (Å²) in [6.07, 6.45) is 1.64. The van der Waals surface area contributed by atoms with Crippen molar-refractivity contribution in [2.75, 3.05) is 41.0 Å². The fourth-order valence-electron chi connectivity index (χ4n) is 2.50. The first-order chi connectivity index (χ1) is 14.2. The van der Waals surface area contributed by atoms with Crippen LogP contribution < -0.4 is 24.8 Å². The predicted octanol–water partition coefficient (Wildman–Crippen LogP) is 2.87. The third-order valence-electron chi connectivity index (χ3n) is 3.98. The largest absolute Gasteiger partial charge is 0.497 e. The van der Waals surface area contributed by atoms with Crippen LogP contribution in [0.3, 0.4) is 0 Å². The lowest BCUT2D eigenvalue weighted by Gasteiger charge is -2.18. The first-order valence-corrected chi connectivity index (χ1v) is 9.47. The van der Waals surface area contributed by atoms with Crippen LogP contribution >= 0.6 is 24.0 Å². The second-order valence-electron chi connectivity index (χ2n) is 6.22. The van der Waals surface area contributed by atoms with Crippen molar-refractivity contribution in [3.05, 3.63) is 48.2 Å². The fraction of sp³-hybridized carbons (Fsp3) is 0.429. The van der Waals surface area contributed by atoms with E-state index in [1.165, 1.54) is 0 Å². The van der Waals surface area contributed by atoms with Crippen LogP contribution in [0, 0.1) is 0 Å². The zero-order valence-electron chi connectivity index (χ0n) is 17.9. The van der Waals surface area contributed by atoms with Gasteiger partial charge in [0.15, 0.2) is 5.96 Å². The summed E-state index contributed by atoms with van der Waals surface area (Å²) in [5, 5.41) is 6.53. The van der Waals surface area contributed by atoms with Crippen molar-refractivity contribution in [3.8, 4) is 17.4 Å². The van der Waals surface area contributed by atoms with Gasteiger partial charge in [0.1, 0.15) is 24.2 Å². The van der Waals surface area contributed by atoms with E-state index < -0.39 is 0 Å². The van der Waals surface area contributed by atoms with Crippen LogP contribution in [0.4, 0.5) is 0 Å². The van der Waals surface area contributed by atoms with E-state index in [0.29, 0.717) is 38.1 Å². The average molecular weight is 530 g/mol. The fourth-order valence-corrected chi connectivity index (χ4v) is 2.50. The molecule has 0 bridgehead atoms. The first kappa shape index (κ1) is 25.8. The molecule has 0 aliphatic heterocycles. The molecule has 0 aliphatic rings. The molecule has 1 atom stereocenters. The molecular weight excluding hydrogens is 499 g/mol. The summed E-state index contributed by atoms with van der Waals surface area (Å²) in [7, 11) is 5.00. The normalized spacial score (nSPS) is 11.8. The van der Waals surface area contributed by atoms with Gasteiger partial charge in [0.05, 0.1) is 20.3 Å². The van der Waals surface area contributed by atoms with Crippen LogP contribution in [0.15, 0.2) is 47.6 Å². The number of hydrogen-bond donors (Lipinski definition) is 2. The maximum Gasteiger partial charge on any atom is 0.218 e. The molecular formula is C21H31IN4O4. The first-order valence-electron chi connectivity index (χ1n) is 9.47. The molecule has 1 aromatic heterocycles. The molecule has 2 N–H and O–H groups in total. The van der Waals surface area contributed by atoms with E-state index in [0.717, 1.165) is 17.1 Å². The van der Waals surface area contributed by atoms with Crippen molar-refractivity contribution in [1.82, 2.24) is 15.6 Å². The second kappa shape index (κ2) is 14.7. The third kappa shape index (κ3) is 9.04. The summed E-state index contributed by atoms with van der Waals surface area (Å²) in [6, 6.07) is 11.4. The standard InChI is InChI=1S/C21H30N4O4.HI/c1-16(29-19-9-5-8-18(13-19)27-4)14-24-21(22-2)25-15-17-7-6-10-23-20(17)28-12-11-26-3;/h5-10,13,16H,11-12,14-15H2,1-4H3,(H2,22,24,25);1H. The number of pyridine rings is 1. The van der Waals surface area contributed by atoms with Crippen molar-refractivity contribution in [2.45, 2.75) is 19.6 Å². The van der Waals surface area contributed by atoms with Gasteiger partial charge in [0, 0.05) is 38.5 Å². The van der Waals surface area contributed by atoms with E-state index in [1.807, 2.05) is 43.3 Å². The topological polar surface area (TPSA) is 86.2 Å². The Morgan fingerprint density at radius 1 is 1.10 bits per heavy atom. The molecule has 0 saturated carbocycles. The van der Waals surface area contributed by atoms with Crippen LogP contribution in [0.5, 0.6) is 17.4 Å². The molecule has 0 spiro atoms. The van der Waals surface area contributed by atoms with Gasteiger partial charge in [0.25, 0.3) is 0 Å². The van der Waals surface area contributed by atoms with Gasteiger partial charge in [-0.15, -0.1) is 24.0 Å². The zero-order valence-corrected chi connectivity index (χ0v) is 20.2. The number of hydrogen-bond acceptors (Lipinski definition) is 6. The highest BCUT2D eigenvalue weighted by atomic mass is 127. The van der Waals surface area contributed by atoms with Crippen LogP contribution in [0.25, 0.3) is 0 Å². The van der Waals surface area contributed by atoms with Gasteiger partial charge < -0.3 is 29.6 Å². The molecule has 2 aromatic rings. The van der Waals surface area contributed by atoms with E-state index >= 15 is 0 Å². The lowest BCUT2D eigenvalue weighted by molar-refractivity contribution is 0.143. The highest BCUT2D eigenvalue weighted by Gasteiger charge is 2.09. The SMILES string of the molecule is CN=C(NCc1cccnc1OCCOC)NCC(C)Oc1cccc(OC)c1.I. The lowest BCUT2D eigenvalue weighted by atomic mass is 10.2. The number of guanidine groups is 1. The van der Waals surface area contributed by atoms with Crippen LogP contribution in [0.2, 0.25) is 0 Å². The van der Waals surface area contributed by atoms with Gasteiger partial charge in [-0.3, -0.25) is 4.99 Å². The van der Waals surface area contributed by atoms with Gasteiger partial charge in [-0.1, -0.05) is 12.1 Å². The predicted molar refractivity (Wildman–Crippen MR) is 128 cm³/mol. The molecule has 2 rings (SSSR count). The summed E-state index contributed by atoms with van der Waals surface area (Å²) in [4.78, 5) is 8.53. The molecule has 8 nitrogen and oxygen atoms in total. The van der Waals surface area contributed by atoms with Gasteiger partial charge in [0.2, 0.25) is 5.88 Å². The number of methoxy groups -OCH3 is 2. The minimum absolute atomic E-state index is 0. The number of ether oxygens (including phenoxy) is 4. The Labute approximate surface area is 195 Å². The van der Waals surface area contributed by atoms with Gasteiger partial charge >= 0.3 is 0 Å². The second-order valence-corrected chi connectivity index (χ2v) is 6.22. The van der Waals surface area contributed by atoms with Gasteiger partial charge in [-0.25, -0.2) is 4.98 Å². The number of aliphatic imine (C=N–C) groups is 1. The maximum absolute atomic E-state index is 5.92. The van der Waals surface area contributed by atoms with Crippen molar-refractivity contribution >= 4 is 29.9 Å². The Hall–Kier alpha value is -2.27. The number of nitrogens with zero attached hydrogens (tertiary/aromatic N) is 2. The van der Waals surface area contributed by atoms with Gasteiger partial charge in [-0.2, -0.15) is 0 Å². The highest BCUT2D eigenvalue weighted by molar-refractivity contribution is 14.0. The van der Waals surface area contributed by atoms with Crippen LogP contribution in [-0.2, 0) is 11.3 Å². The number of aromatic nitrogens is 1. The summed E-state index contributed by atoms with van der Waals surface area (Å²) >= 11 is 0. The summed E-state index contributed by atoms with van der Waals surface area (Å²) in [5.41, 5.74) is 0.937. The molecule has 1 unspecified atom stereocenters. The summed E-state index contributed by atoms with van der Waals surface area (Å²) in [5.74, 6) is 2.77. The Kier molecular flexibility index (Phi) is 12.6. The maximum atomic E-state index is 5.92. The highest BCUT2D eigenvalue weighted by Crippen LogP contribution is 2.19. The summed E-state index contributed by atoms with van der Waals surface area (Å²) < 4.78 is 21.8. The Balaban J connectivity index is 0.00000450. The number of nitrogens with one attached hydrogen (secondary N) is 2. The van der Waals surface area contributed by atoms with Crippen molar-refractivity contribution in [1.29, 1.82) is 0 Å². The molecule has 30 heavy (non-hydrogen) atoms. The lowest BCUT2D eigenvalue weighted by Crippen LogP contribution is -2.41. The number of benzene rings is 1. The molecule has 0 fully saturated rings. The Morgan fingerprint density at radius 2 is 1.90 bits per heavy atom. The smallest absolute Gasteiger partial charge is 0.218 e. The third-order valence-corrected chi connectivity index (χ3v) is 3.98. The van der Waals surface area contributed by atoms with E-state index in [-0.39, 0.29) is 30.1 Å². The van der Waals surface area contributed by atoms with Crippen LogP contribution in [-0.4, -0.2) is 58.1 Å². The number of rotatable bonds is 11. The van der Waals surface area contributed by atoms with E-state index in [9.17, 15) is 0 Å². The van der Waals surface area contributed by atoms with Crippen LogP contribution in [0.1, 0.15) is 12.5 Å². The minimum atomic E-state index is -0.0630. The molecule has 0 aliphatic carbocycles. The number of halogens is 1. The molecule has 166 valence electrons. The Morgan fingerprint density at radius 3 is 2.63 bits per heavy atom. The molecule has 1 aromatic carbocycles. The molecule has 0 radical (unpaired) electrons. The molecule has 0 saturated heterocycles. The quantitative estimate of drug-likeness (QED) is 0.200. The molecule has 9 heteroatoms. The van der Waals surface area contributed by atoms with E-state index in [4.69, 9.17) is 18.9 Å². The molecule has 0 amide bonds. The van der Waals surface area contributed by atoms with Crippen molar-refractivity contribution < 1.29 is 18.9 Å². The van der Waals surface area contributed by atoms with Crippen molar-refractivity contribution in [2.24, 2.45) is 4.99 Å². The summed E-state index contributed by atoms with van der Waals surface area (Å²) in [6.45, 7) is 4.06. The van der Waals surface area contributed by atoms with Gasteiger partial charge in [-0.05, 0) is 25.1 Å². The Bertz CT molecular complexity index is 776. The van der Waals surface area contributed by atoms with Crippen molar-refractivity contribution in [3.63, 3.8) is 0 Å². The van der Waals surface area contributed by atoms with E-state index in [1.54, 1.807) is 27.5 Å².